The van der Waals surface area contributed by atoms with Gasteiger partial charge in [-0.2, -0.15) is 0 Å². The van der Waals surface area contributed by atoms with Crippen molar-refractivity contribution in [3.05, 3.63) is 23.5 Å². The van der Waals surface area contributed by atoms with Crippen LogP contribution in [0.5, 0.6) is 11.5 Å². The molecule has 0 unspecified atom stereocenters. The van der Waals surface area contributed by atoms with Gasteiger partial charge in [-0.05, 0) is 19.2 Å². The molecule has 0 radical (unpaired) electrons. The number of phenols is 2. The molecule has 0 fully saturated rings. The fraction of sp³-hybridized carbons (Fsp3) is 0.222. The second-order valence-electron chi connectivity index (χ2n) is 2.74. The first-order chi connectivity index (χ1) is 6.57. The van der Waals surface area contributed by atoms with Gasteiger partial charge in [0.2, 0.25) is 0 Å². The molecule has 0 spiro atoms. The van der Waals surface area contributed by atoms with E-state index >= 15 is 0 Å². The number of phenolic OH excluding ortho intramolecular Hbond substituents is 2. The largest absolute Gasteiger partial charge is 0.504 e. The standard InChI is InChI=1S/C9H10FNO3/c1-11-4-7(13)8-5(10)2-3-6(12)9(8)14/h2-3,11-12,14H,4H2,1H3. The summed E-state index contributed by atoms with van der Waals surface area (Å²) in [6, 6.07) is 1.92. The molecule has 0 saturated heterocycles. The zero-order chi connectivity index (χ0) is 10.7. The SMILES string of the molecule is CNCC(=O)c1c(F)ccc(O)c1O. The van der Waals surface area contributed by atoms with Crippen LogP contribution in [0.3, 0.4) is 0 Å². The van der Waals surface area contributed by atoms with E-state index in [1.807, 2.05) is 0 Å². The number of hydrogen-bond donors (Lipinski definition) is 3. The molecule has 1 rings (SSSR count). The van der Waals surface area contributed by atoms with Crippen LogP contribution in [0.25, 0.3) is 0 Å². The molecule has 0 bridgehead atoms. The zero-order valence-corrected chi connectivity index (χ0v) is 7.54. The van der Waals surface area contributed by atoms with Crippen LogP contribution in [0.4, 0.5) is 4.39 Å². The third-order valence-corrected chi connectivity index (χ3v) is 1.72. The van der Waals surface area contributed by atoms with Gasteiger partial charge in [-0.25, -0.2) is 4.39 Å². The molecule has 3 N–H and O–H groups in total. The Hall–Kier alpha value is -1.62. The third-order valence-electron chi connectivity index (χ3n) is 1.72. The Kier molecular flexibility index (Phi) is 3.03. The number of carbonyl (C=O) groups excluding carboxylic acids is 1. The van der Waals surface area contributed by atoms with Crippen molar-refractivity contribution >= 4 is 5.78 Å². The van der Waals surface area contributed by atoms with E-state index in [9.17, 15) is 14.3 Å². The molecule has 4 nitrogen and oxygen atoms in total. The summed E-state index contributed by atoms with van der Waals surface area (Å²) in [7, 11) is 1.52. The summed E-state index contributed by atoms with van der Waals surface area (Å²) in [4.78, 5) is 11.3. The van der Waals surface area contributed by atoms with E-state index in [2.05, 4.69) is 5.32 Å². The molecule has 0 saturated carbocycles. The van der Waals surface area contributed by atoms with Gasteiger partial charge >= 0.3 is 0 Å². The van der Waals surface area contributed by atoms with Crippen LogP contribution >= 0.6 is 0 Å². The average Bonchev–Trinajstić information content (AvgIpc) is 2.13. The van der Waals surface area contributed by atoms with Crippen molar-refractivity contribution in [2.75, 3.05) is 13.6 Å². The van der Waals surface area contributed by atoms with E-state index in [1.54, 1.807) is 0 Å². The summed E-state index contributed by atoms with van der Waals surface area (Å²) in [6.07, 6.45) is 0. The predicted octanol–water partition coefficient (Wildman–Crippen LogP) is 0.639. The quantitative estimate of drug-likeness (QED) is 0.493. The summed E-state index contributed by atoms with van der Waals surface area (Å²) in [5, 5.41) is 20.8. The Morgan fingerprint density at radius 2 is 2.14 bits per heavy atom. The van der Waals surface area contributed by atoms with Crippen LogP contribution in [0, 0.1) is 5.82 Å². The van der Waals surface area contributed by atoms with E-state index in [4.69, 9.17) is 5.11 Å². The number of Topliss-reactive ketones (excluding diaryl/α,β-unsaturated/α-hetero) is 1. The van der Waals surface area contributed by atoms with Gasteiger partial charge in [-0.3, -0.25) is 4.79 Å². The van der Waals surface area contributed by atoms with Crippen molar-refractivity contribution in [1.29, 1.82) is 0 Å². The van der Waals surface area contributed by atoms with Crippen LogP contribution in [0.2, 0.25) is 0 Å². The Morgan fingerprint density at radius 3 is 2.71 bits per heavy atom. The van der Waals surface area contributed by atoms with Crippen LogP contribution < -0.4 is 5.32 Å². The first kappa shape index (κ1) is 10.5. The predicted molar refractivity (Wildman–Crippen MR) is 48.0 cm³/mol. The molecule has 0 aliphatic rings. The van der Waals surface area contributed by atoms with Crippen LogP contribution in [-0.4, -0.2) is 29.6 Å². The number of halogens is 1. The molecule has 0 amide bonds. The lowest BCUT2D eigenvalue weighted by Gasteiger charge is -2.05. The second-order valence-corrected chi connectivity index (χ2v) is 2.74. The topological polar surface area (TPSA) is 69.6 Å². The average molecular weight is 199 g/mol. The third kappa shape index (κ3) is 1.82. The van der Waals surface area contributed by atoms with Crippen molar-refractivity contribution in [3.8, 4) is 11.5 Å². The fourth-order valence-electron chi connectivity index (χ4n) is 1.07. The minimum Gasteiger partial charge on any atom is -0.504 e. The first-order valence-corrected chi connectivity index (χ1v) is 3.96. The summed E-state index contributed by atoms with van der Waals surface area (Å²) < 4.78 is 13.1. The van der Waals surface area contributed by atoms with E-state index in [1.165, 1.54) is 7.05 Å². The maximum Gasteiger partial charge on any atom is 0.183 e. The fourth-order valence-corrected chi connectivity index (χ4v) is 1.07. The Labute approximate surface area is 80.0 Å². The minimum atomic E-state index is -0.847. The highest BCUT2D eigenvalue weighted by Gasteiger charge is 2.18. The number of ketones is 1. The lowest BCUT2D eigenvalue weighted by atomic mass is 10.1. The molecule has 0 atom stereocenters. The molecular formula is C9H10FNO3. The molecule has 0 heterocycles. The van der Waals surface area contributed by atoms with Crippen molar-refractivity contribution in [2.24, 2.45) is 0 Å². The summed E-state index contributed by atoms with van der Waals surface area (Å²) in [5.74, 6) is -2.69. The Morgan fingerprint density at radius 1 is 1.50 bits per heavy atom. The van der Waals surface area contributed by atoms with E-state index in [-0.39, 0.29) is 6.54 Å². The number of nitrogens with one attached hydrogen (secondary N) is 1. The second kappa shape index (κ2) is 4.06. The molecule has 1 aromatic rings. The number of aromatic hydroxyl groups is 2. The maximum absolute atomic E-state index is 13.1. The van der Waals surface area contributed by atoms with Crippen LogP contribution in [-0.2, 0) is 0 Å². The molecule has 14 heavy (non-hydrogen) atoms. The van der Waals surface area contributed by atoms with Gasteiger partial charge < -0.3 is 15.5 Å². The minimum absolute atomic E-state index is 0.103. The van der Waals surface area contributed by atoms with Gasteiger partial charge in [-0.1, -0.05) is 0 Å². The summed E-state index contributed by atoms with van der Waals surface area (Å²) in [5.41, 5.74) is -0.487. The van der Waals surface area contributed by atoms with Gasteiger partial charge in [0, 0.05) is 0 Å². The van der Waals surface area contributed by atoms with Crippen LogP contribution in [0.15, 0.2) is 12.1 Å². The Bertz CT molecular complexity index is 365. The molecule has 1 aromatic carbocycles. The molecule has 76 valence electrons. The lowest BCUT2D eigenvalue weighted by Crippen LogP contribution is -2.19. The van der Waals surface area contributed by atoms with E-state index in [0.29, 0.717) is 0 Å². The van der Waals surface area contributed by atoms with Crippen molar-refractivity contribution in [2.45, 2.75) is 0 Å². The van der Waals surface area contributed by atoms with Gasteiger partial charge in [0.05, 0.1) is 6.54 Å². The van der Waals surface area contributed by atoms with Gasteiger partial charge in [0.25, 0.3) is 0 Å². The summed E-state index contributed by atoms with van der Waals surface area (Å²) >= 11 is 0. The van der Waals surface area contributed by atoms with Gasteiger partial charge in [0.1, 0.15) is 11.4 Å². The molecule has 0 aliphatic carbocycles. The number of benzene rings is 1. The first-order valence-electron chi connectivity index (χ1n) is 3.96. The highest BCUT2D eigenvalue weighted by molar-refractivity contribution is 6.00. The van der Waals surface area contributed by atoms with E-state index < -0.39 is 28.7 Å². The highest BCUT2D eigenvalue weighted by Crippen LogP contribution is 2.30. The lowest BCUT2D eigenvalue weighted by molar-refractivity contribution is 0.0986. The number of hydrogen-bond acceptors (Lipinski definition) is 4. The Balaban J connectivity index is 3.18. The van der Waals surface area contributed by atoms with Gasteiger partial charge in [0.15, 0.2) is 17.3 Å². The molecule has 0 aliphatic heterocycles. The number of carbonyl (C=O) groups is 1. The normalized spacial score (nSPS) is 10.1. The molecule has 0 aromatic heterocycles. The highest BCUT2D eigenvalue weighted by atomic mass is 19.1. The van der Waals surface area contributed by atoms with Crippen molar-refractivity contribution in [3.63, 3.8) is 0 Å². The monoisotopic (exact) mass is 199 g/mol. The molecule has 5 heteroatoms. The number of likely N-dealkylation sites (N-methyl/N-ethyl adjacent to an activating group) is 1. The van der Waals surface area contributed by atoms with Crippen molar-refractivity contribution < 1.29 is 19.4 Å². The van der Waals surface area contributed by atoms with Crippen molar-refractivity contribution in [1.82, 2.24) is 5.32 Å². The van der Waals surface area contributed by atoms with Crippen LogP contribution in [0.1, 0.15) is 10.4 Å². The summed E-state index contributed by atoms with van der Waals surface area (Å²) in [6.45, 7) is -0.103. The maximum atomic E-state index is 13.1. The smallest absolute Gasteiger partial charge is 0.183 e. The molecular weight excluding hydrogens is 189 g/mol. The van der Waals surface area contributed by atoms with Gasteiger partial charge in [-0.15, -0.1) is 0 Å². The number of rotatable bonds is 3. The zero-order valence-electron chi connectivity index (χ0n) is 7.54. The van der Waals surface area contributed by atoms with E-state index in [0.717, 1.165) is 12.1 Å².